The molecular weight excluding hydrogens is 402 g/mol. The van der Waals surface area contributed by atoms with Crippen LogP contribution in [0, 0.1) is 0 Å². The Hall–Kier alpha value is -2.45. The maximum Gasteiger partial charge on any atom is 0.264 e. The van der Waals surface area contributed by atoms with Gasteiger partial charge in [0.15, 0.2) is 0 Å². The van der Waals surface area contributed by atoms with Crippen LogP contribution in [0.2, 0.25) is 0 Å². The quantitative estimate of drug-likeness (QED) is 0.595. The number of amides is 1. The Morgan fingerprint density at radius 1 is 0.967 bits per heavy atom. The van der Waals surface area contributed by atoms with E-state index >= 15 is 0 Å². The van der Waals surface area contributed by atoms with E-state index in [1.165, 1.54) is 5.56 Å². The Morgan fingerprint density at radius 2 is 1.60 bits per heavy atom. The number of aryl methyl sites for hydroxylation is 2. The fourth-order valence-corrected chi connectivity index (χ4v) is 3.87. The Kier molecular flexibility index (Phi) is 7.44. The van der Waals surface area contributed by atoms with E-state index in [1.54, 1.807) is 6.92 Å². The predicted octanol–water partition coefficient (Wildman–Crippen LogP) is 2.05. The first-order valence-corrected chi connectivity index (χ1v) is 12.0. The fraction of sp³-hybridized carbons (Fsp3) is 0.455. The van der Waals surface area contributed by atoms with Gasteiger partial charge in [-0.25, -0.2) is 0 Å². The van der Waals surface area contributed by atoms with E-state index in [4.69, 9.17) is 4.18 Å². The number of hydrogen-bond donors (Lipinski definition) is 0. The molecule has 0 radical (unpaired) electrons. The maximum atomic E-state index is 11.4. The third-order valence-electron chi connectivity index (χ3n) is 5.28. The molecule has 162 valence electrons. The molecule has 0 aliphatic carbocycles. The zero-order valence-electron chi connectivity index (χ0n) is 17.6. The van der Waals surface area contributed by atoms with Gasteiger partial charge in [-0.15, -0.1) is 0 Å². The first-order valence-electron chi connectivity index (χ1n) is 10.2. The number of anilines is 1. The second kappa shape index (κ2) is 10.0. The van der Waals surface area contributed by atoms with Gasteiger partial charge in [0.1, 0.15) is 0 Å². The number of aromatic nitrogens is 1. The van der Waals surface area contributed by atoms with Crippen molar-refractivity contribution in [2.24, 2.45) is 0 Å². The van der Waals surface area contributed by atoms with Gasteiger partial charge in [-0.05, 0) is 42.5 Å². The second-order valence-corrected chi connectivity index (χ2v) is 9.24. The third kappa shape index (κ3) is 6.81. The summed E-state index contributed by atoms with van der Waals surface area (Å²) < 4.78 is 26.8. The molecule has 3 rings (SSSR count). The highest BCUT2D eigenvalue weighted by molar-refractivity contribution is 7.85. The molecule has 2 aromatic rings. The van der Waals surface area contributed by atoms with E-state index in [9.17, 15) is 13.2 Å². The van der Waals surface area contributed by atoms with E-state index in [0.717, 1.165) is 62.2 Å². The fourth-order valence-electron chi connectivity index (χ4n) is 3.49. The van der Waals surface area contributed by atoms with Crippen LogP contribution >= 0.6 is 0 Å². The summed E-state index contributed by atoms with van der Waals surface area (Å²) in [5.41, 5.74) is 4.41. The molecule has 1 amide bonds. The number of nitrogens with zero attached hydrogens (tertiary/aromatic N) is 3. The van der Waals surface area contributed by atoms with Crippen LogP contribution in [0.4, 0.5) is 5.69 Å². The Balaban J connectivity index is 1.45. The molecule has 0 N–H and O–H groups in total. The number of carbonyl (C=O) groups excluding carboxylic acids is 1. The number of benzene rings is 1. The van der Waals surface area contributed by atoms with Crippen LogP contribution < -0.4 is 4.90 Å². The summed E-state index contributed by atoms with van der Waals surface area (Å²) in [5.74, 6) is 0.137. The lowest BCUT2D eigenvalue weighted by molar-refractivity contribution is -0.129. The summed E-state index contributed by atoms with van der Waals surface area (Å²) in [4.78, 5) is 20.2. The van der Waals surface area contributed by atoms with E-state index in [0.29, 0.717) is 6.42 Å². The molecular formula is C22H29N3O4S. The molecule has 30 heavy (non-hydrogen) atoms. The van der Waals surface area contributed by atoms with Crippen LogP contribution in [0.3, 0.4) is 0 Å². The summed E-state index contributed by atoms with van der Waals surface area (Å²) in [6.45, 7) is 4.97. The maximum absolute atomic E-state index is 11.4. The number of rotatable bonds is 8. The van der Waals surface area contributed by atoms with Gasteiger partial charge >= 0.3 is 0 Å². The molecule has 0 saturated carbocycles. The molecule has 0 bridgehead atoms. The smallest absolute Gasteiger partial charge is 0.264 e. The van der Waals surface area contributed by atoms with Crippen LogP contribution in [0.5, 0.6) is 0 Å². The van der Waals surface area contributed by atoms with Gasteiger partial charge in [-0.3, -0.25) is 14.0 Å². The lowest BCUT2D eigenvalue weighted by atomic mass is 10.0. The summed E-state index contributed by atoms with van der Waals surface area (Å²) in [6, 6.07) is 12.3. The predicted molar refractivity (Wildman–Crippen MR) is 117 cm³/mol. The first-order chi connectivity index (χ1) is 14.3. The molecule has 7 nitrogen and oxygen atoms in total. The lowest BCUT2D eigenvalue weighted by Crippen LogP contribution is -2.48. The van der Waals surface area contributed by atoms with Crippen LogP contribution in [0.15, 0.2) is 42.6 Å². The van der Waals surface area contributed by atoms with Crippen molar-refractivity contribution in [3.8, 4) is 0 Å². The summed E-state index contributed by atoms with van der Waals surface area (Å²) in [5, 5.41) is 0. The molecule has 1 aliphatic heterocycles. The average molecular weight is 432 g/mol. The van der Waals surface area contributed by atoms with Gasteiger partial charge in [0.25, 0.3) is 10.1 Å². The number of hydrogen-bond acceptors (Lipinski definition) is 6. The summed E-state index contributed by atoms with van der Waals surface area (Å²) >= 11 is 0. The van der Waals surface area contributed by atoms with Crippen molar-refractivity contribution in [2.75, 3.05) is 43.9 Å². The van der Waals surface area contributed by atoms with E-state index < -0.39 is 10.1 Å². The van der Waals surface area contributed by atoms with Gasteiger partial charge in [-0.2, -0.15) is 8.42 Å². The van der Waals surface area contributed by atoms with E-state index in [-0.39, 0.29) is 12.5 Å². The van der Waals surface area contributed by atoms with Gasteiger partial charge in [0.05, 0.1) is 24.7 Å². The molecule has 8 heteroatoms. The van der Waals surface area contributed by atoms with Crippen molar-refractivity contribution < 1.29 is 17.4 Å². The Bertz CT molecular complexity index is 935. The minimum absolute atomic E-state index is 0.137. The second-order valence-electron chi connectivity index (χ2n) is 7.59. The normalized spacial score (nSPS) is 14.7. The topological polar surface area (TPSA) is 79.8 Å². The van der Waals surface area contributed by atoms with Gasteiger partial charge in [0, 0.05) is 38.8 Å². The standard InChI is InChI=1S/C22H29N3O4S/c1-18(26)24-12-14-25(15-13-24)22-10-9-21(23-17-22)8-7-19-3-5-20(6-4-19)11-16-29-30(2,27)28/h3-6,9-10,17H,7-8,11-16H2,1-2H3. The van der Waals surface area contributed by atoms with Crippen molar-refractivity contribution in [1.29, 1.82) is 0 Å². The third-order valence-corrected chi connectivity index (χ3v) is 5.88. The van der Waals surface area contributed by atoms with Crippen molar-refractivity contribution in [2.45, 2.75) is 26.2 Å². The van der Waals surface area contributed by atoms with Crippen LogP contribution in [0.1, 0.15) is 23.7 Å². The molecule has 1 aliphatic rings. The molecule has 0 unspecified atom stereocenters. The summed E-state index contributed by atoms with van der Waals surface area (Å²) in [6.07, 6.45) is 5.30. The monoisotopic (exact) mass is 431 g/mol. The van der Waals surface area contributed by atoms with Crippen molar-refractivity contribution in [1.82, 2.24) is 9.88 Å². The Labute approximate surface area is 178 Å². The highest BCUT2D eigenvalue weighted by atomic mass is 32.2. The minimum Gasteiger partial charge on any atom is -0.367 e. The number of carbonyl (C=O) groups is 1. The van der Waals surface area contributed by atoms with Gasteiger partial charge in [0.2, 0.25) is 5.91 Å². The Morgan fingerprint density at radius 3 is 2.13 bits per heavy atom. The van der Waals surface area contributed by atoms with Crippen molar-refractivity contribution in [3.05, 3.63) is 59.4 Å². The van der Waals surface area contributed by atoms with Gasteiger partial charge in [-0.1, -0.05) is 24.3 Å². The largest absolute Gasteiger partial charge is 0.367 e. The molecule has 0 spiro atoms. The molecule has 1 fully saturated rings. The average Bonchev–Trinajstić information content (AvgIpc) is 2.73. The van der Waals surface area contributed by atoms with E-state index in [2.05, 4.69) is 34.1 Å². The highest BCUT2D eigenvalue weighted by Gasteiger charge is 2.18. The molecule has 2 heterocycles. The highest BCUT2D eigenvalue weighted by Crippen LogP contribution is 2.17. The van der Waals surface area contributed by atoms with Crippen LogP contribution in [0.25, 0.3) is 0 Å². The molecule has 1 saturated heterocycles. The van der Waals surface area contributed by atoms with Crippen LogP contribution in [-0.2, 0) is 38.4 Å². The van der Waals surface area contributed by atoms with Crippen molar-refractivity contribution >= 4 is 21.7 Å². The number of pyridine rings is 1. The molecule has 0 atom stereocenters. The zero-order valence-corrected chi connectivity index (χ0v) is 18.4. The van der Waals surface area contributed by atoms with Crippen LogP contribution in [-0.4, -0.2) is 63.3 Å². The molecule has 1 aromatic carbocycles. The first kappa shape index (κ1) is 22.2. The zero-order chi connectivity index (χ0) is 21.6. The molecule has 1 aromatic heterocycles. The summed E-state index contributed by atoms with van der Waals surface area (Å²) in [7, 11) is -3.38. The number of piperazine rings is 1. The SMILES string of the molecule is CC(=O)N1CCN(c2ccc(CCc3ccc(CCOS(C)(=O)=O)cc3)nc2)CC1. The van der Waals surface area contributed by atoms with Gasteiger partial charge < -0.3 is 9.80 Å². The lowest BCUT2D eigenvalue weighted by Gasteiger charge is -2.35. The van der Waals surface area contributed by atoms with Crippen molar-refractivity contribution in [3.63, 3.8) is 0 Å². The minimum atomic E-state index is -3.38. The van der Waals surface area contributed by atoms with E-state index in [1.807, 2.05) is 23.2 Å².